The quantitative estimate of drug-likeness (QED) is 0.718. The van der Waals surface area contributed by atoms with Crippen LogP contribution in [0, 0.1) is 0 Å². The third-order valence-corrected chi connectivity index (χ3v) is 3.66. The maximum atomic E-state index is 3.77. The molecule has 1 N–H and O–H groups in total. The van der Waals surface area contributed by atoms with E-state index in [9.17, 15) is 0 Å². The predicted octanol–water partition coefficient (Wildman–Crippen LogP) is 3.03. The Morgan fingerprint density at radius 3 is 2.44 bits per heavy atom. The summed E-state index contributed by atoms with van der Waals surface area (Å²) in [5, 5.41) is 3.77. The number of rotatable bonds is 7. The van der Waals surface area contributed by atoms with Gasteiger partial charge in [-0.05, 0) is 52.2 Å². The average molecular weight is 226 g/mol. The number of nitrogens with zero attached hydrogens (tertiary/aromatic N) is 1. The largest absolute Gasteiger partial charge is 0.311 e. The normalized spacial score (nSPS) is 21.2. The fourth-order valence-electron chi connectivity index (χ4n) is 2.62. The van der Waals surface area contributed by atoms with Gasteiger partial charge in [-0.1, -0.05) is 26.7 Å². The molecule has 0 aromatic rings. The smallest absolute Gasteiger partial charge is 0.00938 e. The molecule has 1 unspecified atom stereocenters. The first-order chi connectivity index (χ1) is 7.76. The Morgan fingerprint density at radius 2 is 1.88 bits per heavy atom. The summed E-state index contributed by atoms with van der Waals surface area (Å²) in [6.45, 7) is 10.8. The van der Waals surface area contributed by atoms with E-state index in [0.29, 0.717) is 6.04 Å². The molecule has 2 heteroatoms. The number of nitrogens with one attached hydrogen (secondary N) is 1. The van der Waals surface area contributed by atoms with Gasteiger partial charge in [0.1, 0.15) is 0 Å². The van der Waals surface area contributed by atoms with Crippen LogP contribution in [0.5, 0.6) is 0 Å². The highest BCUT2D eigenvalue weighted by Gasteiger charge is 2.19. The molecule has 0 radical (unpaired) electrons. The first kappa shape index (κ1) is 14.0. The van der Waals surface area contributed by atoms with Crippen LogP contribution < -0.4 is 5.32 Å². The molecule has 1 heterocycles. The molecule has 0 amide bonds. The van der Waals surface area contributed by atoms with Crippen LogP contribution in [0.25, 0.3) is 0 Å². The SMILES string of the molecule is CCCCN1CCC(NC(C)CCC)CC1. The summed E-state index contributed by atoms with van der Waals surface area (Å²) in [7, 11) is 0. The van der Waals surface area contributed by atoms with Crippen molar-refractivity contribution in [2.45, 2.75) is 71.4 Å². The van der Waals surface area contributed by atoms with E-state index in [0.717, 1.165) is 6.04 Å². The van der Waals surface area contributed by atoms with Gasteiger partial charge in [-0.3, -0.25) is 0 Å². The van der Waals surface area contributed by atoms with Gasteiger partial charge < -0.3 is 10.2 Å². The Hall–Kier alpha value is -0.0800. The molecular weight excluding hydrogens is 196 g/mol. The molecular formula is C14H30N2. The van der Waals surface area contributed by atoms with E-state index in [4.69, 9.17) is 0 Å². The number of hydrogen-bond acceptors (Lipinski definition) is 2. The van der Waals surface area contributed by atoms with Gasteiger partial charge in [0.2, 0.25) is 0 Å². The molecule has 96 valence electrons. The summed E-state index contributed by atoms with van der Waals surface area (Å²) in [4.78, 5) is 2.63. The van der Waals surface area contributed by atoms with Crippen molar-refractivity contribution in [3.05, 3.63) is 0 Å². The van der Waals surface area contributed by atoms with Crippen LogP contribution in [-0.4, -0.2) is 36.6 Å². The van der Waals surface area contributed by atoms with Crippen molar-refractivity contribution >= 4 is 0 Å². The number of hydrogen-bond donors (Lipinski definition) is 1. The second kappa shape index (κ2) is 8.08. The lowest BCUT2D eigenvalue weighted by Gasteiger charge is -2.33. The Bertz CT molecular complexity index is 162. The molecule has 1 aliphatic heterocycles. The van der Waals surface area contributed by atoms with Crippen LogP contribution in [0.1, 0.15) is 59.3 Å². The van der Waals surface area contributed by atoms with Gasteiger partial charge in [0.15, 0.2) is 0 Å². The third-order valence-electron chi connectivity index (χ3n) is 3.66. The molecule has 1 aliphatic rings. The summed E-state index contributed by atoms with van der Waals surface area (Å²) in [6.07, 6.45) is 7.99. The highest BCUT2D eigenvalue weighted by atomic mass is 15.1. The van der Waals surface area contributed by atoms with E-state index in [1.807, 2.05) is 0 Å². The summed E-state index contributed by atoms with van der Waals surface area (Å²) >= 11 is 0. The topological polar surface area (TPSA) is 15.3 Å². The highest BCUT2D eigenvalue weighted by molar-refractivity contribution is 4.79. The Balaban J connectivity index is 2.11. The minimum atomic E-state index is 0.706. The van der Waals surface area contributed by atoms with E-state index in [1.165, 1.54) is 58.2 Å². The molecule has 16 heavy (non-hydrogen) atoms. The van der Waals surface area contributed by atoms with Crippen molar-refractivity contribution < 1.29 is 0 Å². The minimum absolute atomic E-state index is 0.706. The molecule has 1 saturated heterocycles. The minimum Gasteiger partial charge on any atom is -0.311 e. The molecule has 1 atom stereocenters. The summed E-state index contributed by atoms with van der Waals surface area (Å²) in [5.74, 6) is 0. The van der Waals surface area contributed by atoms with Crippen LogP contribution >= 0.6 is 0 Å². The lowest BCUT2D eigenvalue weighted by atomic mass is 10.0. The van der Waals surface area contributed by atoms with Crippen molar-refractivity contribution in [1.82, 2.24) is 10.2 Å². The number of likely N-dealkylation sites (tertiary alicyclic amines) is 1. The molecule has 0 bridgehead atoms. The molecule has 0 aliphatic carbocycles. The summed E-state index contributed by atoms with van der Waals surface area (Å²) < 4.78 is 0. The molecule has 2 nitrogen and oxygen atoms in total. The zero-order valence-electron chi connectivity index (χ0n) is 11.5. The van der Waals surface area contributed by atoms with Crippen molar-refractivity contribution in [2.75, 3.05) is 19.6 Å². The fraction of sp³-hybridized carbons (Fsp3) is 1.00. The van der Waals surface area contributed by atoms with Crippen molar-refractivity contribution in [2.24, 2.45) is 0 Å². The van der Waals surface area contributed by atoms with Crippen LogP contribution in [0.2, 0.25) is 0 Å². The first-order valence-electron chi connectivity index (χ1n) is 7.24. The second-order valence-corrected chi connectivity index (χ2v) is 5.33. The van der Waals surface area contributed by atoms with Gasteiger partial charge >= 0.3 is 0 Å². The average Bonchev–Trinajstić information content (AvgIpc) is 2.28. The van der Waals surface area contributed by atoms with Crippen molar-refractivity contribution in [3.8, 4) is 0 Å². The molecule has 0 aromatic carbocycles. The molecule has 1 rings (SSSR count). The van der Waals surface area contributed by atoms with E-state index in [-0.39, 0.29) is 0 Å². The van der Waals surface area contributed by atoms with Gasteiger partial charge in [0.05, 0.1) is 0 Å². The van der Waals surface area contributed by atoms with E-state index in [2.05, 4.69) is 31.0 Å². The Labute approximate surface area is 102 Å². The summed E-state index contributed by atoms with van der Waals surface area (Å²) in [6, 6.07) is 1.48. The van der Waals surface area contributed by atoms with Gasteiger partial charge in [-0.25, -0.2) is 0 Å². The van der Waals surface area contributed by atoms with Gasteiger partial charge in [0, 0.05) is 12.1 Å². The highest BCUT2D eigenvalue weighted by Crippen LogP contribution is 2.12. The number of piperidine rings is 1. The van der Waals surface area contributed by atoms with Crippen LogP contribution in [0.15, 0.2) is 0 Å². The van der Waals surface area contributed by atoms with E-state index in [1.54, 1.807) is 0 Å². The Kier molecular flexibility index (Phi) is 7.06. The van der Waals surface area contributed by atoms with Crippen molar-refractivity contribution in [1.29, 1.82) is 0 Å². The van der Waals surface area contributed by atoms with E-state index >= 15 is 0 Å². The molecule has 1 fully saturated rings. The van der Waals surface area contributed by atoms with Gasteiger partial charge in [0.25, 0.3) is 0 Å². The second-order valence-electron chi connectivity index (χ2n) is 5.33. The maximum absolute atomic E-state index is 3.77. The van der Waals surface area contributed by atoms with E-state index < -0.39 is 0 Å². The third kappa shape index (κ3) is 5.31. The molecule has 0 saturated carbocycles. The zero-order chi connectivity index (χ0) is 11.8. The van der Waals surface area contributed by atoms with Crippen LogP contribution in [-0.2, 0) is 0 Å². The fourth-order valence-corrected chi connectivity index (χ4v) is 2.62. The van der Waals surface area contributed by atoms with Crippen LogP contribution in [0.3, 0.4) is 0 Å². The molecule has 0 aromatic heterocycles. The number of unbranched alkanes of at least 4 members (excludes halogenated alkanes) is 1. The first-order valence-corrected chi connectivity index (χ1v) is 7.24. The Morgan fingerprint density at radius 1 is 1.19 bits per heavy atom. The van der Waals surface area contributed by atoms with Crippen LogP contribution in [0.4, 0.5) is 0 Å². The lowest BCUT2D eigenvalue weighted by molar-refractivity contribution is 0.189. The summed E-state index contributed by atoms with van der Waals surface area (Å²) in [5.41, 5.74) is 0. The maximum Gasteiger partial charge on any atom is 0.00938 e. The predicted molar refractivity (Wildman–Crippen MR) is 71.9 cm³/mol. The standard InChI is InChI=1S/C14H30N2/c1-4-6-10-16-11-8-14(9-12-16)15-13(3)7-5-2/h13-15H,4-12H2,1-3H3. The van der Waals surface area contributed by atoms with Crippen molar-refractivity contribution in [3.63, 3.8) is 0 Å². The zero-order valence-corrected chi connectivity index (χ0v) is 11.5. The van der Waals surface area contributed by atoms with Gasteiger partial charge in [-0.2, -0.15) is 0 Å². The molecule has 0 spiro atoms. The monoisotopic (exact) mass is 226 g/mol. The lowest BCUT2D eigenvalue weighted by Crippen LogP contribution is -2.45. The van der Waals surface area contributed by atoms with Gasteiger partial charge in [-0.15, -0.1) is 0 Å².